The topological polar surface area (TPSA) is 64.4 Å². The number of nitrogens with zero attached hydrogens (tertiary/aromatic N) is 1. The van der Waals surface area contributed by atoms with Crippen LogP contribution in [0.5, 0.6) is 5.75 Å². The number of benzene rings is 3. The molecule has 4 rings (SSSR count). The summed E-state index contributed by atoms with van der Waals surface area (Å²) in [7, 11) is 1.62. The molecule has 7 heteroatoms. The largest absolute Gasteiger partial charge is 0.497 e. The van der Waals surface area contributed by atoms with Gasteiger partial charge in [0.15, 0.2) is 0 Å². The van der Waals surface area contributed by atoms with Gasteiger partial charge in [-0.2, -0.15) is 0 Å². The van der Waals surface area contributed by atoms with E-state index in [-0.39, 0.29) is 5.91 Å². The van der Waals surface area contributed by atoms with Gasteiger partial charge in [0.05, 0.1) is 23.9 Å². The minimum Gasteiger partial charge on any atom is -0.497 e. The minimum atomic E-state index is -0.230. The van der Waals surface area contributed by atoms with Gasteiger partial charge in [-0.3, -0.25) is 4.79 Å². The standard InChI is InChI=1S/C24H19ClN2O3S/c1-29-17-5-3-4-15(12-17)20-14-18(31-2)7-8-19(20)23(28)27-16-6-9-22(25)21(13-16)24-26-10-11-30-24/h3-14H,1-2H3,(H,27,28). The SMILES string of the molecule is COc1cccc(-c2cc(SC)ccc2C(=O)Nc2ccc(Cl)c(-c3ncco3)c2)c1. The van der Waals surface area contributed by atoms with Gasteiger partial charge in [-0.05, 0) is 65.9 Å². The van der Waals surface area contributed by atoms with Crippen LogP contribution in [0.2, 0.25) is 5.02 Å². The second-order valence-electron chi connectivity index (χ2n) is 6.63. The van der Waals surface area contributed by atoms with Crippen LogP contribution >= 0.6 is 23.4 Å². The molecular formula is C24H19ClN2O3S. The predicted octanol–water partition coefficient (Wildman–Crippen LogP) is 6.64. The van der Waals surface area contributed by atoms with Gasteiger partial charge < -0.3 is 14.5 Å². The number of ether oxygens (including phenoxy) is 1. The number of hydrogen-bond donors (Lipinski definition) is 1. The van der Waals surface area contributed by atoms with E-state index in [4.69, 9.17) is 20.8 Å². The molecule has 0 saturated carbocycles. The predicted molar refractivity (Wildman–Crippen MR) is 125 cm³/mol. The first-order valence-corrected chi connectivity index (χ1v) is 11.0. The molecule has 0 radical (unpaired) electrons. The lowest BCUT2D eigenvalue weighted by Gasteiger charge is -2.13. The second kappa shape index (κ2) is 9.29. The first kappa shape index (κ1) is 21.0. The van der Waals surface area contributed by atoms with E-state index < -0.39 is 0 Å². The average Bonchev–Trinajstić information content (AvgIpc) is 3.34. The van der Waals surface area contributed by atoms with Crippen LogP contribution in [0.3, 0.4) is 0 Å². The molecule has 0 atom stereocenters. The Labute approximate surface area is 189 Å². The molecule has 0 bridgehead atoms. The summed E-state index contributed by atoms with van der Waals surface area (Å²) in [5.41, 5.74) is 3.48. The summed E-state index contributed by atoms with van der Waals surface area (Å²) in [6.45, 7) is 0. The zero-order valence-electron chi connectivity index (χ0n) is 16.9. The number of carbonyl (C=O) groups excluding carboxylic acids is 1. The Hall–Kier alpha value is -3.22. The number of amides is 1. The molecule has 1 amide bonds. The van der Waals surface area contributed by atoms with E-state index in [0.29, 0.717) is 27.7 Å². The first-order valence-electron chi connectivity index (χ1n) is 9.42. The van der Waals surface area contributed by atoms with Gasteiger partial charge in [-0.1, -0.05) is 23.7 Å². The highest BCUT2D eigenvalue weighted by atomic mass is 35.5. The number of rotatable bonds is 6. The number of thioether (sulfide) groups is 1. The molecule has 1 N–H and O–H groups in total. The van der Waals surface area contributed by atoms with Gasteiger partial charge in [0.2, 0.25) is 5.89 Å². The molecule has 0 aliphatic carbocycles. The molecular weight excluding hydrogens is 432 g/mol. The van der Waals surface area contributed by atoms with Crippen LogP contribution < -0.4 is 10.1 Å². The molecule has 3 aromatic carbocycles. The minimum absolute atomic E-state index is 0.230. The number of oxazole rings is 1. The van der Waals surface area contributed by atoms with Crippen LogP contribution in [0, 0.1) is 0 Å². The Morgan fingerprint density at radius 1 is 1.10 bits per heavy atom. The Morgan fingerprint density at radius 2 is 1.97 bits per heavy atom. The molecule has 0 unspecified atom stereocenters. The van der Waals surface area contributed by atoms with E-state index in [1.807, 2.05) is 48.7 Å². The average molecular weight is 451 g/mol. The number of halogens is 1. The van der Waals surface area contributed by atoms with Crippen LogP contribution in [-0.2, 0) is 0 Å². The maximum Gasteiger partial charge on any atom is 0.256 e. The van der Waals surface area contributed by atoms with E-state index in [2.05, 4.69) is 10.3 Å². The third-order valence-corrected chi connectivity index (χ3v) is 5.79. The fourth-order valence-corrected chi connectivity index (χ4v) is 3.84. The molecule has 31 heavy (non-hydrogen) atoms. The van der Waals surface area contributed by atoms with Crippen molar-refractivity contribution in [1.29, 1.82) is 0 Å². The third-order valence-electron chi connectivity index (χ3n) is 4.74. The van der Waals surface area contributed by atoms with Gasteiger partial charge in [-0.15, -0.1) is 11.8 Å². The number of methoxy groups -OCH3 is 1. The van der Waals surface area contributed by atoms with E-state index in [1.54, 1.807) is 43.3 Å². The van der Waals surface area contributed by atoms with Crippen LogP contribution in [0.4, 0.5) is 5.69 Å². The second-order valence-corrected chi connectivity index (χ2v) is 7.92. The van der Waals surface area contributed by atoms with E-state index in [9.17, 15) is 4.79 Å². The van der Waals surface area contributed by atoms with Crippen molar-refractivity contribution in [3.8, 4) is 28.3 Å². The number of anilines is 1. The van der Waals surface area contributed by atoms with Gasteiger partial charge in [0.1, 0.15) is 12.0 Å². The Morgan fingerprint density at radius 3 is 2.71 bits per heavy atom. The molecule has 0 spiro atoms. The monoisotopic (exact) mass is 450 g/mol. The molecule has 156 valence electrons. The molecule has 1 aromatic heterocycles. The lowest BCUT2D eigenvalue weighted by Crippen LogP contribution is -2.13. The molecule has 5 nitrogen and oxygen atoms in total. The summed E-state index contributed by atoms with van der Waals surface area (Å²) >= 11 is 7.90. The van der Waals surface area contributed by atoms with Crippen molar-refractivity contribution in [2.45, 2.75) is 4.90 Å². The summed E-state index contributed by atoms with van der Waals surface area (Å²) in [4.78, 5) is 18.4. The van der Waals surface area contributed by atoms with Crippen molar-refractivity contribution in [3.63, 3.8) is 0 Å². The van der Waals surface area contributed by atoms with Crippen LogP contribution in [0.15, 0.2) is 82.4 Å². The zero-order chi connectivity index (χ0) is 21.8. The van der Waals surface area contributed by atoms with E-state index >= 15 is 0 Å². The first-order chi connectivity index (χ1) is 15.1. The van der Waals surface area contributed by atoms with Crippen LogP contribution in [0.25, 0.3) is 22.6 Å². The van der Waals surface area contributed by atoms with Gasteiger partial charge in [0.25, 0.3) is 5.91 Å². The summed E-state index contributed by atoms with van der Waals surface area (Å²) in [5.74, 6) is 0.889. The van der Waals surface area contributed by atoms with E-state index in [1.165, 1.54) is 6.26 Å². The molecule has 0 fully saturated rings. The van der Waals surface area contributed by atoms with Gasteiger partial charge >= 0.3 is 0 Å². The Kier molecular flexibility index (Phi) is 6.30. The Bertz CT molecular complexity index is 1230. The van der Waals surface area contributed by atoms with Crippen molar-refractivity contribution in [2.24, 2.45) is 0 Å². The lowest BCUT2D eigenvalue weighted by atomic mass is 9.98. The molecule has 0 aliphatic rings. The van der Waals surface area contributed by atoms with Crippen molar-refractivity contribution in [2.75, 3.05) is 18.7 Å². The summed E-state index contributed by atoms with van der Waals surface area (Å²) in [6.07, 6.45) is 5.03. The normalized spacial score (nSPS) is 10.7. The van der Waals surface area contributed by atoms with Gasteiger partial charge in [-0.25, -0.2) is 4.98 Å². The number of carbonyl (C=O) groups is 1. The fraction of sp³-hybridized carbons (Fsp3) is 0.0833. The zero-order valence-corrected chi connectivity index (χ0v) is 18.5. The quantitative estimate of drug-likeness (QED) is 0.333. The summed E-state index contributed by atoms with van der Waals surface area (Å²) in [5, 5.41) is 3.45. The van der Waals surface area contributed by atoms with E-state index in [0.717, 1.165) is 21.8 Å². The third kappa shape index (κ3) is 4.60. The highest BCUT2D eigenvalue weighted by Gasteiger charge is 2.16. The van der Waals surface area contributed by atoms with Crippen molar-refractivity contribution in [1.82, 2.24) is 4.98 Å². The summed E-state index contributed by atoms with van der Waals surface area (Å²) in [6, 6.07) is 18.6. The van der Waals surface area contributed by atoms with Gasteiger partial charge in [0, 0.05) is 16.1 Å². The summed E-state index contributed by atoms with van der Waals surface area (Å²) < 4.78 is 10.7. The highest BCUT2D eigenvalue weighted by Crippen LogP contribution is 2.33. The number of aromatic nitrogens is 1. The molecule has 1 heterocycles. The smallest absolute Gasteiger partial charge is 0.256 e. The Balaban J connectivity index is 1.70. The molecule has 0 aliphatic heterocycles. The van der Waals surface area contributed by atoms with Crippen molar-refractivity contribution < 1.29 is 13.9 Å². The molecule has 4 aromatic rings. The van der Waals surface area contributed by atoms with Crippen molar-refractivity contribution in [3.05, 3.63) is 83.7 Å². The van der Waals surface area contributed by atoms with Crippen molar-refractivity contribution >= 4 is 35.0 Å². The maximum absolute atomic E-state index is 13.2. The number of nitrogens with one attached hydrogen (secondary N) is 1. The maximum atomic E-state index is 13.2. The lowest BCUT2D eigenvalue weighted by molar-refractivity contribution is 0.102. The highest BCUT2D eigenvalue weighted by molar-refractivity contribution is 7.98. The fourth-order valence-electron chi connectivity index (χ4n) is 3.20. The number of hydrogen-bond acceptors (Lipinski definition) is 5. The van der Waals surface area contributed by atoms with Crippen LogP contribution in [0.1, 0.15) is 10.4 Å². The van der Waals surface area contributed by atoms with Crippen LogP contribution in [-0.4, -0.2) is 24.3 Å². The molecule has 0 saturated heterocycles.